The first kappa shape index (κ1) is 36.5. The topological polar surface area (TPSA) is 21.3 Å². The summed E-state index contributed by atoms with van der Waals surface area (Å²) in [6.45, 7) is 0. The number of fused-ring (bicyclic) bond motifs is 6. The van der Waals surface area contributed by atoms with Crippen molar-refractivity contribution in [1.29, 1.82) is 0 Å². The lowest BCUT2D eigenvalue weighted by Gasteiger charge is -2.28. The summed E-state index contributed by atoms with van der Waals surface area (Å²) < 4.78 is 9.22. The standard InChI is InChI=1S/C60H40N2O/c1-3-17-41(18-4-1)47-21-7-11-29-55(47)61(45-37-33-43(34-38-45)48-22-8-12-30-56(48)62-57-31-13-9-23-51(57)52-24-10-14-32-58(52)62)46-39-35-44(36-40-46)50-26-16-28-54-53-27-15-25-49(59(53)63-60(50)54)42-19-5-2-6-20-42/h1-40H. The average molecular weight is 805 g/mol. The average Bonchev–Trinajstić information content (AvgIpc) is 3.92. The van der Waals surface area contributed by atoms with E-state index in [4.69, 9.17) is 4.42 Å². The van der Waals surface area contributed by atoms with E-state index < -0.39 is 0 Å². The molecule has 0 saturated carbocycles. The molecule has 3 nitrogen and oxygen atoms in total. The Morgan fingerprint density at radius 2 is 0.683 bits per heavy atom. The third-order valence-electron chi connectivity index (χ3n) is 12.4. The van der Waals surface area contributed by atoms with Crippen molar-refractivity contribution in [3.63, 3.8) is 0 Å². The molecule has 3 heteroatoms. The number of para-hydroxylation sites is 6. The molecular weight excluding hydrogens is 765 g/mol. The smallest absolute Gasteiger partial charge is 0.143 e. The molecule has 0 aliphatic heterocycles. The third-order valence-corrected chi connectivity index (χ3v) is 12.4. The number of benzene rings is 10. The van der Waals surface area contributed by atoms with E-state index in [1.807, 2.05) is 0 Å². The van der Waals surface area contributed by atoms with Gasteiger partial charge in [-0.3, -0.25) is 0 Å². The largest absolute Gasteiger partial charge is 0.455 e. The lowest BCUT2D eigenvalue weighted by molar-refractivity contribution is 0.671. The van der Waals surface area contributed by atoms with Gasteiger partial charge in [-0.25, -0.2) is 0 Å². The van der Waals surface area contributed by atoms with Gasteiger partial charge in [0, 0.05) is 55.2 Å². The minimum atomic E-state index is 0.895. The maximum absolute atomic E-state index is 6.81. The normalized spacial score (nSPS) is 11.5. The molecule has 0 saturated heterocycles. The summed E-state index contributed by atoms with van der Waals surface area (Å²) in [4.78, 5) is 2.38. The highest BCUT2D eigenvalue weighted by Crippen LogP contribution is 2.44. The number of aromatic nitrogens is 1. The zero-order valence-electron chi connectivity index (χ0n) is 34.4. The summed E-state index contributed by atoms with van der Waals surface area (Å²) in [5.74, 6) is 0. The van der Waals surface area contributed by atoms with Crippen molar-refractivity contribution in [1.82, 2.24) is 4.57 Å². The van der Waals surface area contributed by atoms with E-state index in [0.717, 1.165) is 83.6 Å². The first-order valence-corrected chi connectivity index (χ1v) is 21.5. The van der Waals surface area contributed by atoms with Gasteiger partial charge in [-0.05, 0) is 70.8 Å². The Morgan fingerprint density at radius 3 is 1.25 bits per heavy atom. The summed E-state index contributed by atoms with van der Waals surface area (Å²) in [6.07, 6.45) is 0. The lowest BCUT2D eigenvalue weighted by Crippen LogP contribution is -2.11. The molecule has 296 valence electrons. The van der Waals surface area contributed by atoms with Gasteiger partial charge in [0.2, 0.25) is 0 Å². The maximum Gasteiger partial charge on any atom is 0.143 e. The number of anilines is 3. The van der Waals surface area contributed by atoms with Crippen LogP contribution in [0.4, 0.5) is 17.1 Å². The highest BCUT2D eigenvalue weighted by atomic mass is 16.3. The highest BCUT2D eigenvalue weighted by molar-refractivity contribution is 6.13. The predicted octanol–water partition coefficient (Wildman–Crippen LogP) is 16.8. The first-order chi connectivity index (χ1) is 31.3. The number of rotatable bonds is 8. The van der Waals surface area contributed by atoms with Crippen LogP contribution in [-0.2, 0) is 0 Å². The summed E-state index contributed by atoms with van der Waals surface area (Å²) in [6, 6.07) is 86.9. The predicted molar refractivity (Wildman–Crippen MR) is 264 cm³/mol. The molecule has 2 aromatic heterocycles. The maximum atomic E-state index is 6.81. The van der Waals surface area contributed by atoms with Crippen LogP contribution in [0, 0.1) is 0 Å². The molecule has 12 aromatic rings. The fraction of sp³-hybridized carbons (Fsp3) is 0. The molecule has 0 aliphatic carbocycles. The van der Waals surface area contributed by atoms with E-state index in [2.05, 4.69) is 252 Å². The van der Waals surface area contributed by atoms with Crippen molar-refractivity contribution in [3.05, 3.63) is 243 Å². The summed E-state index contributed by atoms with van der Waals surface area (Å²) in [7, 11) is 0. The molecule has 63 heavy (non-hydrogen) atoms. The van der Waals surface area contributed by atoms with Gasteiger partial charge in [0.05, 0.1) is 22.4 Å². The van der Waals surface area contributed by atoms with Crippen molar-refractivity contribution in [3.8, 4) is 50.2 Å². The van der Waals surface area contributed by atoms with Gasteiger partial charge >= 0.3 is 0 Å². The number of hydrogen-bond donors (Lipinski definition) is 0. The van der Waals surface area contributed by atoms with Gasteiger partial charge in [0.15, 0.2) is 0 Å². The van der Waals surface area contributed by atoms with E-state index in [9.17, 15) is 0 Å². The quantitative estimate of drug-likeness (QED) is 0.153. The van der Waals surface area contributed by atoms with Gasteiger partial charge in [-0.1, -0.05) is 194 Å². The fourth-order valence-corrected chi connectivity index (χ4v) is 9.53. The van der Waals surface area contributed by atoms with Crippen LogP contribution in [0.2, 0.25) is 0 Å². The summed E-state index contributed by atoms with van der Waals surface area (Å²) in [5.41, 5.74) is 17.6. The summed E-state index contributed by atoms with van der Waals surface area (Å²) >= 11 is 0. The number of furan rings is 1. The lowest BCUT2D eigenvalue weighted by atomic mass is 9.99. The van der Waals surface area contributed by atoms with Crippen molar-refractivity contribution in [2.24, 2.45) is 0 Å². The van der Waals surface area contributed by atoms with E-state index in [1.165, 1.54) is 27.4 Å². The van der Waals surface area contributed by atoms with E-state index in [-0.39, 0.29) is 0 Å². The number of nitrogens with zero attached hydrogens (tertiary/aromatic N) is 2. The Kier molecular flexibility index (Phi) is 8.83. The van der Waals surface area contributed by atoms with Crippen molar-refractivity contribution >= 4 is 60.8 Å². The van der Waals surface area contributed by atoms with Gasteiger partial charge in [0.1, 0.15) is 11.2 Å². The molecule has 0 radical (unpaired) electrons. The molecule has 0 atom stereocenters. The van der Waals surface area contributed by atoms with Crippen LogP contribution < -0.4 is 4.90 Å². The monoisotopic (exact) mass is 804 g/mol. The van der Waals surface area contributed by atoms with E-state index in [0.29, 0.717) is 0 Å². The van der Waals surface area contributed by atoms with Crippen LogP contribution in [0.1, 0.15) is 0 Å². The first-order valence-electron chi connectivity index (χ1n) is 21.5. The molecular formula is C60H40N2O. The molecule has 0 spiro atoms. The molecule has 0 N–H and O–H groups in total. The highest BCUT2D eigenvalue weighted by Gasteiger charge is 2.20. The fourth-order valence-electron chi connectivity index (χ4n) is 9.53. The van der Waals surface area contributed by atoms with Gasteiger partial charge < -0.3 is 13.9 Å². The molecule has 0 unspecified atom stereocenters. The molecule has 2 heterocycles. The zero-order valence-corrected chi connectivity index (χ0v) is 34.4. The second-order valence-corrected chi connectivity index (χ2v) is 16.0. The number of hydrogen-bond acceptors (Lipinski definition) is 2. The van der Waals surface area contributed by atoms with Crippen LogP contribution in [0.5, 0.6) is 0 Å². The molecule has 0 amide bonds. The summed E-state index contributed by atoms with van der Waals surface area (Å²) in [5, 5.41) is 4.74. The minimum absolute atomic E-state index is 0.895. The Labute approximate surface area is 366 Å². The van der Waals surface area contributed by atoms with Crippen LogP contribution in [0.15, 0.2) is 247 Å². The molecule has 12 rings (SSSR count). The third kappa shape index (κ3) is 6.21. The molecule has 0 aliphatic rings. The van der Waals surface area contributed by atoms with Gasteiger partial charge in [-0.2, -0.15) is 0 Å². The van der Waals surface area contributed by atoms with E-state index in [1.54, 1.807) is 0 Å². The van der Waals surface area contributed by atoms with Crippen LogP contribution in [0.3, 0.4) is 0 Å². The van der Waals surface area contributed by atoms with Crippen molar-refractivity contribution in [2.45, 2.75) is 0 Å². The SMILES string of the molecule is c1ccc(-c2ccccc2N(c2ccc(-c3ccccc3-n3c4ccccc4c4ccccc43)cc2)c2ccc(-c3cccc4c3oc3c(-c5ccccc5)cccc34)cc2)cc1. The van der Waals surface area contributed by atoms with Crippen molar-refractivity contribution < 1.29 is 4.42 Å². The Bertz CT molecular complexity index is 3550. The second kappa shape index (κ2) is 15.3. The Morgan fingerprint density at radius 1 is 0.286 bits per heavy atom. The molecule has 0 bridgehead atoms. The van der Waals surface area contributed by atoms with Crippen LogP contribution in [0.25, 0.3) is 93.9 Å². The molecule has 0 fully saturated rings. The van der Waals surface area contributed by atoms with E-state index >= 15 is 0 Å². The van der Waals surface area contributed by atoms with Crippen LogP contribution >= 0.6 is 0 Å². The van der Waals surface area contributed by atoms with Crippen LogP contribution in [-0.4, -0.2) is 4.57 Å². The molecule has 10 aromatic carbocycles. The Balaban J connectivity index is 0.971. The second-order valence-electron chi connectivity index (χ2n) is 16.0. The zero-order chi connectivity index (χ0) is 41.7. The minimum Gasteiger partial charge on any atom is -0.455 e. The van der Waals surface area contributed by atoms with Crippen molar-refractivity contribution in [2.75, 3.05) is 4.90 Å². The Hall–Kier alpha value is -8.40. The van der Waals surface area contributed by atoms with Gasteiger partial charge in [-0.15, -0.1) is 0 Å². The van der Waals surface area contributed by atoms with Gasteiger partial charge in [0.25, 0.3) is 0 Å².